The van der Waals surface area contributed by atoms with Crippen LogP contribution in [0.1, 0.15) is 24.5 Å². The molecule has 1 atom stereocenters. The van der Waals surface area contributed by atoms with Gasteiger partial charge in [-0.05, 0) is 37.6 Å². The number of nitrogens with zero attached hydrogens (tertiary/aromatic N) is 3. The van der Waals surface area contributed by atoms with Gasteiger partial charge in [0.25, 0.3) is 0 Å². The molecule has 1 heterocycles. The van der Waals surface area contributed by atoms with E-state index in [-0.39, 0.29) is 11.7 Å². The maximum Gasteiger partial charge on any atom is 0.236 e. The zero-order valence-electron chi connectivity index (χ0n) is 14.2. The molecule has 0 radical (unpaired) electrons. The molecule has 1 aliphatic carbocycles. The van der Waals surface area contributed by atoms with Crippen LogP contribution >= 0.6 is 0 Å². The summed E-state index contributed by atoms with van der Waals surface area (Å²) >= 11 is 0. The van der Waals surface area contributed by atoms with Crippen LogP contribution in [0, 0.1) is 5.82 Å². The molecule has 24 heavy (non-hydrogen) atoms. The molecule has 2 fully saturated rings. The number of benzene rings is 1. The Morgan fingerprint density at radius 1 is 1.25 bits per heavy atom. The van der Waals surface area contributed by atoms with Gasteiger partial charge < -0.3 is 14.9 Å². The minimum atomic E-state index is -0.702. The third kappa shape index (κ3) is 4.53. The summed E-state index contributed by atoms with van der Waals surface area (Å²) in [6.45, 7) is 4.13. The molecule has 1 aromatic rings. The Morgan fingerprint density at radius 3 is 2.46 bits per heavy atom. The minimum absolute atomic E-state index is 0.140. The van der Waals surface area contributed by atoms with Gasteiger partial charge in [0.05, 0.1) is 12.6 Å². The quantitative estimate of drug-likeness (QED) is 0.846. The summed E-state index contributed by atoms with van der Waals surface area (Å²) in [6.07, 6.45) is 1.45. The van der Waals surface area contributed by atoms with Crippen LogP contribution < -0.4 is 0 Å². The summed E-state index contributed by atoms with van der Waals surface area (Å²) in [5, 5.41) is 10.4. The third-order valence-electron chi connectivity index (χ3n) is 4.92. The van der Waals surface area contributed by atoms with Crippen LogP contribution in [-0.4, -0.2) is 78.1 Å². The molecule has 1 unspecified atom stereocenters. The first kappa shape index (κ1) is 17.3. The zero-order valence-corrected chi connectivity index (χ0v) is 14.2. The SMILES string of the molecule is CN1CCN(C(=O)CN(CC(O)c2ccc(F)cc2)C2CC2)CC1. The fourth-order valence-electron chi connectivity index (χ4n) is 3.12. The number of halogens is 1. The van der Waals surface area contributed by atoms with Crippen LogP contribution in [0.25, 0.3) is 0 Å². The van der Waals surface area contributed by atoms with E-state index in [9.17, 15) is 14.3 Å². The number of hydrogen-bond acceptors (Lipinski definition) is 4. The number of carbonyl (C=O) groups excluding carboxylic acids is 1. The predicted octanol–water partition coefficient (Wildman–Crippen LogP) is 1.10. The molecule has 0 aromatic heterocycles. The van der Waals surface area contributed by atoms with Gasteiger partial charge in [-0.25, -0.2) is 4.39 Å². The van der Waals surface area contributed by atoms with E-state index in [4.69, 9.17) is 0 Å². The lowest BCUT2D eigenvalue weighted by Gasteiger charge is -2.34. The third-order valence-corrected chi connectivity index (χ3v) is 4.92. The van der Waals surface area contributed by atoms with Crippen molar-refractivity contribution < 1.29 is 14.3 Å². The van der Waals surface area contributed by atoms with Gasteiger partial charge in [0.1, 0.15) is 5.82 Å². The molecule has 132 valence electrons. The standard InChI is InChI=1S/C18H26FN3O2/c1-20-8-10-21(11-9-20)18(24)13-22(16-6-7-16)12-17(23)14-2-4-15(19)5-3-14/h2-5,16-17,23H,6-13H2,1H3. The van der Waals surface area contributed by atoms with Gasteiger partial charge in [-0.2, -0.15) is 0 Å². The number of amides is 1. The highest BCUT2D eigenvalue weighted by Gasteiger charge is 2.33. The maximum absolute atomic E-state index is 13.0. The number of aliphatic hydroxyl groups is 1. The zero-order chi connectivity index (χ0) is 17.1. The summed E-state index contributed by atoms with van der Waals surface area (Å²) < 4.78 is 13.0. The highest BCUT2D eigenvalue weighted by Crippen LogP contribution is 2.29. The molecule has 0 spiro atoms. The summed E-state index contributed by atoms with van der Waals surface area (Å²) in [4.78, 5) is 18.8. The molecule has 5 nitrogen and oxygen atoms in total. The van der Waals surface area contributed by atoms with Gasteiger partial charge in [-0.1, -0.05) is 12.1 Å². The van der Waals surface area contributed by atoms with Crippen molar-refractivity contribution in [1.82, 2.24) is 14.7 Å². The Bertz CT molecular complexity index is 554. The number of likely N-dealkylation sites (N-methyl/N-ethyl adjacent to an activating group) is 1. The molecule has 1 saturated carbocycles. The van der Waals surface area contributed by atoms with E-state index in [0.717, 1.165) is 39.0 Å². The maximum atomic E-state index is 13.0. The smallest absolute Gasteiger partial charge is 0.236 e. The van der Waals surface area contributed by atoms with Gasteiger partial charge in [-0.15, -0.1) is 0 Å². The van der Waals surface area contributed by atoms with Gasteiger partial charge in [0, 0.05) is 38.8 Å². The fraction of sp³-hybridized carbons (Fsp3) is 0.611. The highest BCUT2D eigenvalue weighted by molar-refractivity contribution is 5.78. The lowest BCUT2D eigenvalue weighted by atomic mass is 10.1. The molecular weight excluding hydrogens is 309 g/mol. The lowest BCUT2D eigenvalue weighted by Crippen LogP contribution is -2.50. The average molecular weight is 335 g/mol. The van der Waals surface area contributed by atoms with E-state index < -0.39 is 6.10 Å². The minimum Gasteiger partial charge on any atom is -0.387 e. The number of hydrogen-bond donors (Lipinski definition) is 1. The molecule has 1 aromatic carbocycles. The molecule has 2 aliphatic rings. The Hall–Kier alpha value is -1.50. The van der Waals surface area contributed by atoms with Crippen molar-refractivity contribution in [2.45, 2.75) is 25.0 Å². The number of carbonyl (C=O) groups is 1. The highest BCUT2D eigenvalue weighted by atomic mass is 19.1. The number of rotatable bonds is 6. The first-order valence-corrected chi connectivity index (χ1v) is 8.67. The number of aliphatic hydroxyl groups excluding tert-OH is 1. The normalized spacial score (nSPS) is 20.4. The van der Waals surface area contributed by atoms with Gasteiger partial charge in [-0.3, -0.25) is 9.69 Å². The first-order chi connectivity index (χ1) is 11.5. The van der Waals surface area contributed by atoms with Gasteiger partial charge in [0.15, 0.2) is 0 Å². The Kier molecular flexibility index (Phi) is 5.48. The van der Waals surface area contributed by atoms with Gasteiger partial charge >= 0.3 is 0 Å². The second kappa shape index (κ2) is 7.59. The summed E-state index contributed by atoms with van der Waals surface area (Å²) in [6, 6.07) is 6.31. The topological polar surface area (TPSA) is 47.0 Å². The summed E-state index contributed by atoms with van der Waals surface area (Å²) in [7, 11) is 2.07. The van der Waals surface area contributed by atoms with E-state index in [1.807, 2.05) is 4.90 Å². The average Bonchev–Trinajstić information content (AvgIpc) is 3.40. The van der Waals surface area contributed by atoms with Crippen molar-refractivity contribution in [2.75, 3.05) is 46.3 Å². The summed E-state index contributed by atoms with van der Waals surface area (Å²) in [5.74, 6) is -0.170. The van der Waals surface area contributed by atoms with Crippen LogP contribution in [0.15, 0.2) is 24.3 Å². The van der Waals surface area contributed by atoms with Gasteiger partial charge in [0.2, 0.25) is 5.91 Å². The van der Waals surface area contributed by atoms with Crippen molar-refractivity contribution in [3.63, 3.8) is 0 Å². The van der Waals surface area contributed by atoms with Crippen LogP contribution in [0.4, 0.5) is 4.39 Å². The van der Waals surface area contributed by atoms with Crippen molar-refractivity contribution >= 4 is 5.91 Å². The van der Waals surface area contributed by atoms with E-state index in [2.05, 4.69) is 16.8 Å². The molecule has 6 heteroatoms. The molecule has 1 aliphatic heterocycles. The van der Waals surface area contributed by atoms with Crippen LogP contribution in [-0.2, 0) is 4.79 Å². The van der Waals surface area contributed by atoms with Crippen molar-refractivity contribution in [1.29, 1.82) is 0 Å². The van der Waals surface area contributed by atoms with Crippen LogP contribution in [0.3, 0.4) is 0 Å². The molecule has 1 saturated heterocycles. The fourth-order valence-corrected chi connectivity index (χ4v) is 3.12. The molecule has 0 bridgehead atoms. The van der Waals surface area contributed by atoms with E-state index in [1.165, 1.54) is 12.1 Å². The van der Waals surface area contributed by atoms with E-state index >= 15 is 0 Å². The number of piperazine rings is 1. The van der Waals surface area contributed by atoms with Crippen LogP contribution in [0.2, 0.25) is 0 Å². The van der Waals surface area contributed by atoms with E-state index in [1.54, 1.807) is 12.1 Å². The molecule has 3 rings (SSSR count). The monoisotopic (exact) mass is 335 g/mol. The Morgan fingerprint density at radius 2 is 1.88 bits per heavy atom. The second-order valence-electron chi connectivity index (χ2n) is 6.91. The Balaban J connectivity index is 1.56. The van der Waals surface area contributed by atoms with Crippen molar-refractivity contribution in [3.8, 4) is 0 Å². The van der Waals surface area contributed by atoms with Crippen molar-refractivity contribution in [2.24, 2.45) is 0 Å². The van der Waals surface area contributed by atoms with Crippen molar-refractivity contribution in [3.05, 3.63) is 35.6 Å². The lowest BCUT2D eigenvalue weighted by molar-refractivity contribution is -0.134. The first-order valence-electron chi connectivity index (χ1n) is 8.67. The van der Waals surface area contributed by atoms with Crippen LogP contribution in [0.5, 0.6) is 0 Å². The molecule has 1 N–H and O–H groups in total. The molecule has 1 amide bonds. The largest absolute Gasteiger partial charge is 0.387 e. The second-order valence-corrected chi connectivity index (χ2v) is 6.91. The Labute approximate surface area is 142 Å². The predicted molar refractivity (Wildman–Crippen MR) is 90.0 cm³/mol. The van der Waals surface area contributed by atoms with E-state index in [0.29, 0.717) is 24.7 Å². The summed E-state index contributed by atoms with van der Waals surface area (Å²) in [5.41, 5.74) is 0.689. The molecular formula is C18H26FN3O2.